The van der Waals surface area contributed by atoms with E-state index >= 15 is 0 Å². The van der Waals surface area contributed by atoms with Crippen LogP contribution in [-0.2, 0) is 0 Å². The maximum atomic E-state index is 6.95. The first kappa shape index (κ1) is 36.1. The second kappa shape index (κ2) is 14.1. The highest BCUT2D eigenvalue weighted by molar-refractivity contribution is 7.26. The molecule has 0 radical (unpaired) electrons. The zero-order valence-electron chi connectivity index (χ0n) is 34.9. The largest absolute Gasteiger partial charge is 0.455 e. The molecule has 0 amide bonds. The Kier molecular flexibility index (Phi) is 7.82. The monoisotopic (exact) mass is 848 g/mol. The molecule has 14 rings (SSSR count). The summed E-state index contributed by atoms with van der Waals surface area (Å²) in [7, 11) is 0. The van der Waals surface area contributed by atoms with Crippen LogP contribution in [0, 0.1) is 0 Å². The summed E-state index contributed by atoms with van der Waals surface area (Å²) in [5.74, 6) is 0. The van der Waals surface area contributed by atoms with Gasteiger partial charge < -0.3 is 18.3 Å². The van der Waals surface area contributed by atoms with Crippen LogP contribution in [0.1, 0.15) is 0 Å². The third-order valence-electron chi connectivity index (χ3n) is 13.2. The molecule has 0 bridgehead atoms. The molecule has 0 unspecified atom stereocenters. The first-order valence-electron chi connectivity index (χ1n) is 22.0. The average molecular weight is 849 g/mol. The topological polar surface area (TPSA) is 34.5 Å². The van der Waals surface area contributed by atoms with E-state index in [0.29, 0.717) is 0 Å². The van der Waals surface area contributed by atoms with E-state index in [1.54, 1.807) is 0 Å². The van der Waals surface area contributed by atoms with Gasteiger partial charge in [-0.2, -0.15) is 0 Å². The van der Waals surface area contributed by atoms with Crippen molar-refractivity contribution >= 4 is 114 Å². The fourth-order valence-electron chi connectivity index (χ4n) is 10.3. The number of nitrogens with zero attached hydrogens (tertiary/aromatic N) is 2. The van der Waals surface area contributed by atoms with Gasteiger partial charge in [-0.1, -0.05) is 152 Å². The Morgan fingerprint density at radius 3 is 1.72 bits per heavy atom. The number of hydrogen-bond donors (Lipinski definition) is 0. The summed E-state index contributed by atoms with van der Waals surface area (Å²) < 4.78 is 18.5. The van der Waals surface area contributed by atoms with Gasteiger partial charge in [0.25, 0.3) is 0 Å². The van der Waals surface area contributed by atoms with Gasteiger partial charge in [-0.3, -0.25) is 0 Å². The van der Waals surface area contributed by atoms with Gasteiger partial charge in [-0.05, 0) is 72.3 Å². The lowest BCUT2D eigenvalue weighted by molar-refractivity contribution is 0.669. The van der Waals surface area contributed by atoms with Crippen molar-refractivity contribution in [3.8, 4) is 27.9 Å². The van der Waals surface area contributed by atoms with Crippen molar-refractivity contribution < 1.29 is 8.83 Å². The zero-order valence-corrected chi connectivity index (χ0v) is 35.7. The number of rotatable bonds is 6. The van der Waals surface area contributed by atoms with E-state index in [4.69, 9.17) is 8.83 Å². The molecule has 0 aliphatic heterocycles. The van der Waals surface area contributed by atoms with E-state index in [1.165, 1.54) is 30.9 Å². The first-order chi connectivity index (χ1) is 32.2. The molecule has 0 aliphatic rings. The van der Waals surface area contributed by atoms with Crippen LogP contribution in [0.2, 0.25) is 0 Å². The fraction of sp³-hybridized carbons (Fsp3) is 0. The molecule has 5 heteroatoms. The molecule has 0 saturated carbocycles. The van der Waals surface area contributed by atoms with Gasteiger partial charge >= 0.3 is 0 Å². The van der Waals surface area contributed by atoms with Crippen LogP contribution in [0.5, 0.6) is 0 Å². The highest BCUT2D eigenvalue weighted by atomic mass is 32.1. The normalized spacial score (nSPS) is 12.0. The summed E-state index contributed by atoms with van der Waals surface area (Å²) in [6.45, 7) is 0. The maximum absolute atomic E-state index is 6.95. The van der Waals surface area contributed by atoms with Crippen LogP contribution in [0.15, 0.2) is 227 Å². The third kappa shape index (κ3) is 5.43. The lowest BCUT2D eigenvalue weighted by atomic mass is 9.98. The van der Waals surface area contributed by atoms with Crippen LogP contribution in [0.3, 0.4) is 0 Å². The predicted octanol–water partition coefficient (Wildman–Crippen LogP) is 17.8. The average Bonchev–Trinajstić information content (AvgIpc) is 4.14. The summed E-state index contributed by atoms with van der Waals surface area (Å²) in [5.41, 5.74) is 14.3. The summed E-state index contributed by atoms with van der Waals surface area (Å²) >= 11 is 1.84. The van der Waals surface area contributed by atoms with E-state index in [2.05, 4.69) is 222 Å². The molecule has 0 saturated heterocycles. The Morgan fingerprint density at radius 2 is 0.938 bits per heavy atom. The van der Waals surface area contributed by atoms with E-state index in [1.807, 2.05) is 17.4 Å². The number of thiophene rings is 1. The Balaban J connectivity index is 1.07. The summed E-state index contributed by atoms with van der Waals surface area (Å²) in [6.07, 6.45) is 0. The molecule has 0 fully saturated rings. The van der Waals surface area contributed by atoms with Gasteiger partial charge in [0.15, 0.2) is 0 Å². The number of anilines is 3. The van der Waals surface area contributed by atoms with Crippen molar-refractivity contribution in [2.24, 2.45) is 0 Å². The molecule has 0 spiro atoms. The standard InChI is InChI=1S/C60H36N2O2S/c1-7-27-51-41(18-1)42-19-2-8-28-52(42)62(51)53-29-9-3-20-43(53)49-35-39(36-50-45-22-5-11-32-56(45)64-59(49)50)61(54-30-15-26-48-46-23-6-12-33-57(46)65-60(48)54)38-17-13-16-37(34-38)40-24-14-25-47-44-21-4-10-31-55(44)63-58(40)47/h1-36H. The number of furan rings is 2. The minimum atomic E-state index is 0.855. The predicted molar refractivity (Wildman–Crippen MR) is 274 cm³/mol. The van der Waals surface area contributed by atoms with Gasteiger partial charge in [0, 0.05) is 75.9 Å². The molecule has 4 heterocycles. The van der Waals surface area contributed by atoms with E-state index in [9.17, 15) is 0 Å². The smallest absolute Gasteiger partial charge is 0.143 e. The Hall–Kier alpha value is -8.38. The van der Waals surface area contributed by atoms with Crippen molar-refractivity contribution in [2.45, 2.75) is 0 Å². The van der Waals surface area contributed by atoms with Gasteiger partial charge in [0.1, 0.15) is 22.3 Å². The first-order valence-corrected chi connectivity index (χ1v) is 22.8. The number of aromatic nitrogens is 1. The second-order valence-corrected chi connectivity index (χ2v) is 17.8. The van der Waals surface area contributed by atoms with Crippen LogP contribution in [-0.4, -0.2) is 4.57 Å². The molecule has 65 heavy (non-hydrogen) atoms. The third-order valence-corrected chi connectivity index (χ3v) is 14.4. The molecule has 4 aromatic heterocycles. The number of fused-ring (bicyclic) bond motifs is 12. The Labute approximate surface area is 377 Å². The SMILES string of the molecule is c1cc(-c2cccc3c2oc2ccccc23)cc(N(c2cc(-c3ccccc3-n3c4ccccc4c4ccccc43)c3oc4ccccc4c3c2)c2cccc3c2sc2ccccc23)c1. The molecule has 0 aliphatic carbocycles. The van der Waals surface area contributed by atoms with Gasteiger partial charge in [-0.15, -0.1) is 11.3 Å². The highest BCUT2D eigenvalue weighted by Gasteiger charge is 2.25. The van der Waals surface area contributed by atoms with Crippen LogP contribution >= 0.6 is 11.3 Å². The summed E-state index contributed by atoms with van der Waals surface area (Å²) in [4.78, 5) is 2.45. The van der Waals surface area contributed by atoms with Crippen LogP contribution in [0.25, 0.3) is 114 Å². The molecular formula is C60H36N2O2S. The summed E-state index contributed by atoms with van der Waals surface area (Å²) in [6, 6.07) is 78.5. The minimum absolute atomic E-state index is 0.855. The van der Waals surface area contributed by atoms with Crippen molar-refractivity contribution in [1.82, 2.24) is 4.57 Å². The number of para-hydroxylation sites is 6. The Morgan fingerprint density at radius 1 is 0.369 bits per heavy atom. The number of benzene rings is 10. The molecule has 14 aromatic rings. The zero-order chi connectivity index (χ0) is 42.6. The fourth-order valence-corrected chi connectivity index (χ4v) is 11.5. The molecule has 304 valence electrons. The van der Waals surface area contributed by atoms with Crippen LogP contribution < -0.4 is 4.90 Å². The number of hydrogen-bond acceptors (Lipinski definition) is 4. The van der Waals surface area contributed by atoms with E-state index < -0.39 is 0 Å². The van der Waals surface area contributed by atoms with Crippen molar-refractivity contribution in [3.63, 3.8) is 0 Å². The Bertz CT molecular complexity index is 4170. The van der Waals surface area contributed by atoms with E-state index in [0.717, 1.165) is 99.9 Å². The molecule has 10 aromatic carbocycles. The minimum Gasteiger partial charge on any atom is -0.455 e. The molecular weight excluding hydrogens is 813 g/mol. The summed E-state index contributed by atoms with van der Waals surface area (Å²) in [5, 5.41) is 9.31. The van der Waals surface area contributed by atoms with Gasteiger partial charge in [-0.25, -0.2) is 0 Å². The molecule has 0 atom stereocenters. The van der Waals surface area contributed by atoms with Crippen molar-refractivity contribution in [3.05, 3.63) is 218 Å². The van der Waals surface area contributed by atoms with Crippen molar-refractivity contribution in [2.75, 3.05) is 4.90 Å². The molecule has 4 nitrogen and oxygen atoms in total. The van der Waals surface area contributed by atoms with Crippen LogP contribution in [0.4, 0.5) is 17.1 Å². The van der Waals surface area contributed by atoms with Crippen molar-refractivity contribution in [1.29, 1.82) is 0 Å². The molecule has 0 N–H and O–H groups in total. The quantitative estimate of drug-likeness (QED) is 0.167. The van der Waals surface area contributed by atoms with E-state index in [-0.39, 0.29) is 0 Å². The highest BCUT2D eigenvalue weighted by Crippen LogP contribution is 2.49. The maximum Gasteiger partial charge on any atom is 0.143 e. The lowest BCUT2D eigenvalue weighted by Gasteiger charge is -2.27. The second-order valence-electron chi connectivity index (χ2n) is 16.8. The van der Waals surface area contributed by atoms with Gasteiger partial charge in [0.05, 0.1) is 27.1 Å². The lowest BCUT2D eigenvalue weighted by Crippen LogP contribution is -2.10. The van der Waals surface area contributed by atoms with Gasteiger partial charge in [0.2, 0.25) is 0 Å².